The van der Waals surface area contributed by atoms with E-state index in [1.54, 1.807) is 0 Å². The van der Waals surface area contributed by atoms with Crippen LogP contribution in [-0.2, 0) is 0 Å². The van der Waals surface area contributed by atoms with Gasteiger partial charge in [0.15, 0.2) is 4.77 Å². The van der Waals surface area contributed by atoms with E-state index in [1.807, 2.05) is 29.7 Å². The maximum Gasteiger partial charge on any atom is 0.199 e. The van der Waals surface area contributed by atoms with Crippen molar-refractivity contribution in [2.45, 2.75) is 6.92 Å². The molecule has 0 amide bonds. The highest BCUT2D eigenvalue weighted by molar-refractivity contribution is 9.10. The number of aryl methyl sites for hydroxylation is 1. The zero-order valence-electron chi connectivity index (χ0n) is 7.79. The van der Waals surface area contributed by atoms with Gasteiger partial charge in [-0.15, -0.1) is 0 Å². The zero-order chi connectivity index (χ0) is 11.0. The van der Waals surface area contributed by atoms with Gasteiger partial charge < -0.3 is 0 Å². The topological polar surface area (TPSA) is 33.6 Å². The molecule has 1 heterocycles. The summed E-state index contributed by atoms with van der Waals surface area (Å²) < 4.78 is 3.30. The summed E-state index contributed by atoms with van der Waals surface area (Å²) >= 11 is 14.5. The van der Waals surface area contributed by atoms with Crippen molar-refractivity contribution < 1.29 is 0 Å². The average molecular weight is 305 g/mol. The highest BCUT2D eigenvalue weighted by atomic mass is 79.9. The van der Waals surface area contributed by atoms with Crippen LogP contribution >= 0.6 is 39.7 Å². The van der Waals surface area contributed by atoms with Crippen LogP contribution < -0.4 is 0 Å². The van der Waals surface area contributed by atoms with Crippen LogP contribution in [-0.4, -0.2) is 14.8 Å². The predicted molar refractivity (Wildman–Crippen MR) is 66.2 cm³/mol. The molecule has 6 heteroatoms. The van der Waals surface area contributed by atoms with Gasteiger partial charge in [-0.05, 0) is 53.3 Å². The maximum absolute atomic E-state index is 5.94. The number of aromatic amines is 1. The summed E-state index contributed by atoms with van der Waals surface area (Å²) in [4.78, 5) is 0. The predicted octanol–water partition coefficient (Wildman–Crippen LogP) is 3.65. The lowest BCUT2D eigenvalue weighted by Gasteiger charge is -2.06. The number of H-pyrrole nitrogens is 1. The number of rotatable bonds is 1. The number of benzene rings is 1. The Bertz CT molecular complexity index is 561. The SMILES string of the molecule is Cc1n[nH]c(=S)n1-c1cc(Cl)ccc1Br. The van der Waals surface area contributed by atoms with Crippen molar-refractivity contribution in [3.63, 3.8) is 0 Å². The van der Waals surface area contributed by atoms with Crippen molar-refractivity contribution >= 4 is 39.7 Å². The molecule has 1 N–H and O–H groups in total. The summed E-state index contributed by atoms with van der Waals surface area (Å²) in [5, 5.41) is 7.44. The highest BCUT2D eigenvalue weighted by Gasteiger charge is 2.08. The van der Waals surface area contributed by atoms with Crippen LogP contribution in [0.25, 0.3) is 5.69 Å². The molecular formula is C9H7BrClN3S. The first-order valence-electron chi connectivity index (χ1n) is 4.19. The number of halogens is 2. The van der Waals surface area contributed by atoms with Gasteiger partial charge in [0.1, 0.15) is 5.82 Å². The van der Waals surface area contributed by atoms with Crippen LogP contribution in [0, 0.1) is 11.7 Å². The number of hydrogen-bond acceptors (Lipinski definition) is 2. The Morgan fingerprint density at radius 3 is 2.87 bits per heavy atom. The molecule has 0 bridgehead atoms. The summed E-state index contributed by atoms with van der Waals surface area (Å²) in [6.45, 7) is 1.87. The number of aromatic nitrogens is 3. The molecule has 0 aliphatic carbocycles. The van der Waals surface area contributed by atoms with E-state index in [1.165, 1.54) is 0 Å². The first-order chi connectivity index (χ1) is 7.09. The standard InChI is InChI=1S/C9H7BrClN3S/c1-5-12-13-9(15)14(5)8-4-6(11)2-3-7(8)10/h2-4H,1H3,(H,13,15). The van der Waals surface area contributed by atoms with Gasteiger partial charge in [-0.25, -0.2) is 0 Å². The fourth-order valence-electron chi connectivity index (χ4n) is 1.32. The molecule has 0 fully saturated rings. The Kier molecular flexibility index (Phi) is 2.95. The Balaban J connectivity index is 2.74. The van der Waals surface area contributed by atoms with Gasteiger partial charge >= 0.3 is 0 Å². The molecule has 0 radical (unpaired) electrons. The molecule has 0 aliphatic rings. The van der Waals surface area contributed by atoms with Gasteiger partial charge in [-0.2, -0.15) is 5.10 Å². The van der Waals surface area contributed by atoms with Crippen molar-refractivity contribution in [2.24, 2.45) is 0 Å². The first-order valence-corrected chi connectivity index (χ1v) is 5.77. The van der Waals surface area contributed by atoms with Crippen LogP contribution in [0.15, 0.2) is 22.7 Å². The lowest BCUT2D eigenvalue weighted by Crippen LogP contribution is -1.98. The molecule has 2 aromatic rings. The minimum Gasteiger partial charge on any atom is -0.271 e. The van der Waals surface area contributed by atoms with Gasteiger partial charge in [-0.1, -0.05) is 11.6 Å². The first kappa shape index (κ1) is 10.9. The monoisotopic (exact) mass is 303 g/mol. The summed E-state index contributed by atoms with van der Waals surface area (Å²) in [6.07, 6.45) is 0. The average Bonchev–Trinajstić information content (AvgIpc) is 2.51. The van der Waals surface area contributed by atoms with Crippen molar-refractivity contribution in [3.8, 4) is 5.69 Å². The lowest BCUT2D eigenvalue weighted by molar-refractivity contribution is 0.959. The van der Waals surface area contributed by atoms with E-state index in [4.69, 9.17) is 23.8 Å². The Morgan fingerprint density at radius 1 is 1.53 bits per heavy atom. The molecule has 3 nitrogen and oxygen atoms in total. The van der Waals surface area contributed by atoms with Gasteiger partial charge in [-0.3, -0.25) is 9.67 Å². The van der Waals surface area contributed by atoms with Crippen LogP contribution in [0.5, 0.6) is 0 Å². The zero-order valence-corrected chi connectivity index (χ0v) is 10.9. The minimum atomic E-state index is 0.551. The molecule has 0 atom stereocenters. The molecule has 2 rings (SSSR count). The van der Waals surface area contributed by atoms with E-state index < -0.39 is 0 Å². The van der Waals surface area contributed by atoms with E-state index in [0.717, 1.165) is 16.0 Å². The van der Waals surface area contributed by atoms with Gasteiger partial charge in [0.2, 0.25) is 0 Å². The smallest absolute Gasteiger partial charge is 0.199 e. The van der Waals surface area contributed by atoms with Crippen LogP contribution in [0.4, 0.5) is 0 Å². The molecule has 0 unspecified atom stereocenters. The summed E-state index contributed by atoms with van der Waals surface area (Å²) in [6, 6.07) is 5.53. The molecule has 1 aromatic heterocycles. The van der Waals surface area contributed by atoms with Gasteiger partial charge in [0.25, 0.3) is 0 Å². The van der Waals surface area contributed by atoms with E-state index in [2.05, 4.69) is 26.1 Å². The second kappa shape index (κ2) is 4.08. The van der Waals surface area contributed by atoms with Gasteiger partial charge in [0.05, 0.1) is 5.69 Å². The van der Waals surface area contributed by atoms with Crippen molar-refractivity contribution in [1.82, 2.24) is 14.8 Å². The molecule has 1 aromatic carbocycles. The molecule has 78 valence electrons. The quantitative estimate of drug-likeness (QED) is 0.816. The number of hydrogen-bond donors (Lipinski definition) is 1. The van der Waals surface area contributed by atoms with Crippen molar-refractivity contribution in [2.75, 3.05) is 0 Å². The van der Waals surface area contributed by atoms with E-state index in [9.17, 15) is 0 Å². The fourth-order valence-corrected chi connectivity index (χ4v) is 2.18. The highest BCUT2D eigenvalue weighted by Crippen LogP contribution is 2.25. The normalized spacial score (nSPS) is 10.6. The number of nitrogens with zero attached hydrogens (tertiary/aromatic N) is 2. The number of nitrogens with one attached hydrogen (secondary N) is 1. The largest absolute Gasteiger partial charge is 0.271 e. The van der Waals surface area contributed by atoms with Crippen molar-refractivity contribution in [3.05, 3.63) is 38.3 Å². The Labute approximate surface area is 105 Å². The lowest BCUT2D eigenvalue weighted by atomic mass is 10.3. The second-order valence-corrected chi connectivity index (χ2v) is 4.68. The van der Waals surface area contributed by atoms with Crippen LogP contribution in [0.1, 0.15) is 5.82 Å². The third-order valence-corrected chi connectivity index (χ3v) is 3.17. The van der Waals surface area contributed by atoms with Gasteiger partial charge in [0, 0.05) is 9.50 Å². The maximum atomic E-state index is 5.94. The minimum absolute atomic E-state index is 0.551. The third-order valence-electron chi connectivity index (χ3n) is 1.99. The summed E-state index contributed by atoms with van der Waals surface area (Å²) in [7, 11) is 0. The summed E-state index contributed by atoms with van der Waals surface area (Å²) in [5.41, 5.74) is 0.888. The fraction of sp³-hybridized carbons (Fsp3) is 0.111. The molecule has 0 aliphatic heterocycles. The molecule has 15 heavy (non-hydrogen) atoms. The van der Waals surface area contributed by atoms with E-state index in [-0.39, 0.29) is 0 Å². The second-order valence-electron chi connectivity index (χ2n) is 3.01. The molecular weight excluding hydrogens is 298 g/mol. The van der Waals surface area contributed by atoms with E-state index in [0.29, 0.717) is 9.79 Å². The third kappa shape index (κ3) is 2.00. The molecule has 0 saturated carbocycles. The molecule has 0 saturated heterocycles. The van der Waals surface area contributed by atoms with Crippen LogP contribution in [0.2, 0.25) is 5.02 Å². The summed E-state index contributed by atoms with van der Waals surface area (Å²) in [5.74, 6) is 0.794. The van der Waals surface area contributed by atoms with Crippen molar-refractivity contribution in [1.29, 1.82) is 0 Å². The Hall–Kier alpha value is -0.650. The van der Waals surface area contributed by atoms with E-state index >= 15 is 0 Å². The Morgan fingerprint density at radius 2 is 2.27 bits per heavy atom. The van der Waals surface area contributed by atoms with Crippen LogP contribution in [0.3, 0.4) is 0 Å². The molecule has 0 spiro atoms.